The van der Waals surface area contributed by atoms with Crippen molar-refractivity contribution in [2.24, 2.45) is 4.99 Å². The van der Waals surface area contributed by atoms with Crippen molar-refractivity contribution in [2.75, 3.05) is 46.5 Å². The minimum Gasteiger partial charge on any atom is -0.379 e. The van der Waals surface area contributed by atoms with Gasteiger partial charge in [-0.05, 0) is 37.8 Å². The quantitative estimate of drug-likeness (QED) is 0.266. The summed E-state index contributed by atoms with van der Waals surface area (Å²) in [5.74, 6) is 0.361. The van der Waals surface area contributed by atoms with Gasteiger partial charge in [-0.2, -0.15) is 0 Å². The first-order valence-electron chi connectivity index (χ1n) is 10.3. The zero-order valence-corrected chi connectivity index (χ0v) is 17.0. The van der Waals surface area contributed by atoms with Crippen LogP contribution in [0.2, 0.25) is 0 Å². The lowest BCUT2D eigenvalue weighted by atomic mass is 10.1. The van der Waals surface area contributed by atoms with E-state index in [1.165, 1.54) is 4.90 Å². The van der Waals surface area contributed by atoms with E-state index in [2.05, 4.69) is 15.6 Å². The number of ether oxygens (including phenoxy) is 2. The maximum atomic E-state index is 12.3. The molecule has 0 bridgehead atoms. The molecule has 29 heavy (non-hydrogen) atoms. The van der Waals surface area contributed by atoms with Crippen molar-refractivity contribution in [1.29, 1.82) is 0 Å². The van der Waals surface area contributed by atoms with Crippen molar-refractivity contribution in [3.63, 3.8) is 0 Å². The number of guanidine groups is 1. The van der Waals surface area contributed by atoms with Crippen LogP contribution >= 0.6 is 0 Å². The number of carbonyl (C=O) groups excluding carboxylic acids is 2. The van der Waals surface area contributed by atoms with Crippen LogP contribution in [0.3, 0.4) is 0 Å². The summed E-state index contributed by atoms with van der Waals surface area (Å²) in [6, 6.07) is 6.98. The fourth-order valence-corrected chi connectivity index (χ4v) is 3.44. The Morgan fingerprint density at radius 1 is 1.14 bits per heavy atom. The van der Waals surface area contributed by atoms with Gasteiger partial charge in [0.1, 0.15) is 0 Å². The molecule has 0 aliphatic carbocycles. The number of nitrogens with zero attached hydrogens (tertiary/aromatic N) is 2. The van der Waals surface area contributed by atoms with Crippen LogP contribution in [0, 0.1) is 0 Å². The number of amides is 2. The standard InChI is InChI=1S/C21H30N4O4/c1-22-21(24-11-6-13-29-16-9-14-28-15-16)23-10-4-5-12-25-19(26)17-7-2-3-8-18(17)20(25)27/h2-3,7-8,16H,4-6,9-15H2,1H3,(H2,22,23,24). The predicted molar refractivity (Wildman–Crippen MR) is 110 cm³/mol. The number of aliphatic imine (C=N–C) groups is 1. The van der Waals surface area contributed by atoms with Gasteiger partial charge in [0.2, 0.25) is 0 Å². The van der Waals surface area contributed by atoms with Crippen LogP contribution in [0.5, 0.6) is 0 Å². The number of hydrogen-bond acceptors (Lipinski definition) is 5. The van der Waals surface area contributed by atoms with Crippen molar-refractivity contribution in [1.82, 2.24) is 15.5 Å². The van der Waals surface area contributed by atoms with Gasteiger partial charge in [0.05, 0.1) is 23.8 Å². The second kappa shape index (κ2) is 10.9. The maximum absolute atomic E-state index is 12.3. The first-order valence-corrected chi connectivity index (χ1v) is 10.3. The first kappa shape index (κ1) is 21.3. The minimum atomic E-state index is -0.192. The number of imide groups is 1. The van der Waals surface area contributed by atoms with Gasteiger partial charge in [-0.25, -0.2) is 0 Å². The second-order valence-electron chi connectivity index (χ2n) is 7.15. The Kier molecular flexibility index (Phi) is 8.01. The summed E-state index contributed by atoms with van der Waals surface area (Å²) in [5, 5.41) is 6.52. The molecular weight excluding hydrogens is 372 g/mol. The van der Waals surface area contributed by atoms with E-state index in [0.717, 1.165) is 51.3 Å². The number of hydrogen-bond donors (Lipinski definition) is 2. The SMILES string of the molecule is CN=C(NCCCCN1C(=O)c2ccccc2C1=O)NCCCOC1CCOC1. The highest BCUT2D eigenvalue weighted by Crippen LogP contribution is 2.22. The van der Waals surface area contributed by atoms with Crippen molar-refractivity contribution >= 4 is 17.8 Å². The third kappa shape index (κ3) is 5.77. The lowest BCUT2D eigenvalue weighted by Gasteiger charge is -2.15. The average Bonchev–Trinajstić information content (AvgIpc) is 3.34. The maximum Gasteiger partial charge on any atom is 0.261 e. The van der Waals surface area contributed by atoms with Crippen molar-refractivity contribution < 1.29 is 19.1 Å². The number of benzene rings is 1. The highest BCUT2D eigenvalue weighted by atomic mass is 16.5. The van der Waals surface area contributed by atoms with Gasteiger partial charge in [-0.1, -0.05) is 12.1 Å². The molecule has 1 atom stereocenters. The third-order valence-corrected chi connectivity index (χ3v) is 5.06. The van der Waals surface area contributed by atoms with Crippen LogP contribution in [-0.4, -0.2) is 75.3 Å². The van der Waals surface area contributed by atoms with Gasteiger partial charge >= 0.3 is 0 Å². The predicted octanol–water partition coefficient (Wildman–Crippen LogP) is 1.42. The Balaban J connectivity index is 1.26. The summed E-state index contributed by atoms with van der Waals surface area (Å²) in [5.41, 5.74) is 1.01. The second-order valence-corrected chi connectivity index (χ2v) is 7.15. The van der Waals surface area contributed by atoms with E-state index in [0.29, 0.717) is 30.9 Å². The Labute approximate surface area is 171 Å². The summed E-state index contributed by atoms with van der Waals surface area (Å²) in [4.78, 5) is 30.2. The van der Waals surface area contributed by atoms with E-state index in [4.69, 9.17) is 9.47 Å². The summed E-state index contributed by atoms with van der Waals surface area (Å²) >= 11 is 0. The van der Waals surface area contributed by atoms with Crippen LogP contribution in [0.1, 0.15) is 46.4 Å². The largest absolute Gasteiger partial charge is 0.379 e. The molecule has 1 aromatic carbocycles. The molecule has 8 heteroatoms. The normalized spacial score (nSPS) is 19.0. The van der Waals surface area contributed by atoms with E-state index in [1.54, 1.807) is 31.3 Å². The van der Waals surface area contributed by atoms with Gasteiger partial charge in [-0.15, -0.1) is 0 Å². The third-order valence-electron chi connectivity index (χ3n) is 5.06. The molecule has 1 fully saturated rings. The molecule has 1 aromatic rings. The topological polar surface area (TPSA) is 92.3 Å². The molecule has 0 spiro atoms. The summed E-state index contributed by atoms with van der Waals surface area (Å²) in [6.07, 6.45) is 3.70. The zero-order valence-electron chi connectivity index (χ0n) is 17.0. The number of nitrogens with one attached hydrogen (secondary N) is 2. The van der Waals surface area contributed by atoms with Crippen LogP contribution in [0.4, 0.5) is 0 Å². The van der Waals surface area contributed by atoms with Gasteiger partial charge in [0.25, 0.3) is 11.8 Å². The van der Waals surface area contributed by atoms with E-state index in [1.807, 2.05) is 0 Å². The zero-order chi connectivity index (χ0) is 20.5. The molecule has 1 saturated heterocycles. The van der Waals surface area contributed by atoms with E-state index in [9.17, 15) is 9.59 Å². The van der Waals surface area contributed by atoms with Crippen LogP contribution in [-0.2, 0) is 9.47 Å². The van der Waals surface area contributed by atoms with Gasteiger partial charge in [0.15, 0.2) is 5.96 Å². The van der Waals surface area contributed by atoms with Gasteiger partial charge < -0.3 is 20.1 Å². The molecule has 2 aliphatic heterocycles. The molecule has 2 heterocycles. The molecule has 1 unspecified atom stereocenters. The average molecular weight is 402 g/mol. The van der Waals surface area contributed by atoms with Gasteiger partial charge in [0, 0.05) is 39.9 Å². The molecule has 2 aliphatic rings. The molecule has 0 radical (unpaired) electrons. The fraction of sp³-hybridized carbons (Fsp3) is 0.571. The molecule has 8 nitrogen and oxygen atoms in total. The highest BCUT2D eigenvalue weighted by molar-refractivity contribution is 6.21. The number of carbonyl (C=O) groups is 2. The Morgan fingerprint density at radius 3 is 2.45 bits per heavy atom. The van der Waals surface area contributed by atoms with Crippen molar-refractivity contribution in [2.45, 2.75) is 31.8 Å². The van der Waals surface area contributed by atoms with Crippen LogP contribution in [0.15, 0.2) is 29.3 Å². The fourth-order valence-electron chi connectivity index (χ4n) is 3.44. The van der Waals surface area contributed by atoms with Crippen molar-refractivity contribution in [3.05, 3.63) is 35.4 Å². The lowest BCUT2D eigenvalue weighted by Crippen LogP contribution is -2.39. The number of unbranched alkanes of at least 4 members (excludes halogenated alkanes) is 1. The summed E-state index contributed by atoms with van der Waals surface area (Å²) in [6.45, 7) is 4.14. The number of rotatable bonds is 10. The Hall–Kier alpha value is -2.45. The van der Waals surface area contributed by atoms with Gasteiger partial charge in [-0.3, -0.25) is 19.5 Å². The smallest absolute Gasteiger partial charge is 0.261 e. The summed E-state index contributed by atoms with van der Waals surface area (Å²) < 4.78 is 11.0. The molecule has 2 amide bonds. The number of fused-ring (bicyclic) bond motifs is 1. The van der Waals surface area contributed by atoms with Crippen LogP contribution in [0.25, 0.3) is 0 Å². The molecule has 0 saturated carbocycles. The summed E-state index contributed by atoms with van der Waals surface area (Å²) in [7, 11) is 1.74. The molecule has 2 N–H and O–H groups in total. The highest BCUT2D eigenvalue weighted by Gasteiger charge is 2.34. The Morgan fingerprint density at radius 2 is 1.83 bits per heavy atom. The molecule has 3 rings (SSSR count). The van der Waals surface area contributed by atoms with Crippen LogP contribution < -0.4 is 10.6 Å². The monoisotopic (exact) mass is 402 g/mol. The Bertz CT molecular complexity index is 696. The molecule has 158 valence electrons. The van der Waals surface area contributed by atoms with E-state index < -0.39 is 0 Å². The first-order chi connectivity index (χ1) is 14.2. The molecular formula is C21H30N4O4. The minimum absolute atomic E-state index is 0.192. The van der Waals surface area contributed by atoms with E-state index in [-0.39, 0.29) is 17.9 Å². The lowest BCUT2D eigenvalue weighted by molar-refractivity contribution is 0.0420. The van der Waals surface area contributed by atoms with E-state index >= 15 is 0 Å². The molecule has 0 aromatic heterocycles. The van der Waals surface area contributed by atoms with Crippen molar-refractivity contribution in [3.8, 4) is 0 Å².